The highest BCUT2D eigenvalue weighted by molar-refractivity contribution is 7.19. The Labute approximate surface area is 162 Å². The van der Waals surface area contributed by atoms with Crippen LogP contribution >= 0.6 is 11.3 Å². The third-order valence-electron chi connectivity index (χ3n) is 5.58. The highest BCUT2D eigenvalue weighted by Gasteiger charge is 2.32. The van der Waals surface area contributed by atoms with Crippen molar-refractivity contribution >= 4 is 33.1 Å². The number of aryl methyl sites for hydroxylation is 1. The first-order chi connectivity index (χ1) is 12.8. The molecule has 0 saturated heterocycles. The van der Waals surface area contributed by atoms with Gasteiger partial charge in [-0.25, -0.2) is 14.5 Å². The summed E-state index contributed by atoms with van der Waals surface area (Å²) in [7, 11) is 1.64. The summed E-state index contributed by atoms with van der Waals surface area (Å²) in [6, 6.07) is 0. The van der Waals surface area contributed by atoms with Crippen LogP contribution < -0.4 is 0 Å². The fourth-order valence-corrected chi connectivity index (χ4v) is 5.09. The van der Waals surface area contributed by atoms with Gasteiger partial charge in [0.2, 0.25) is 5.82 Å². The van der Waals surface area contributed by atoms with Crippen LogP contribution in [0.15, 0.2) is 6.33 Å². The summed E-state index contributed by atoms with van der Waals surface area (Å²) in [5, 5.41) is 14.4. The van der Waals surface area contributed by atoms with Gasteiger partial charge in [-0.1, -0.05) is 20.8 Å². The van der Waals surface area contributed by atoms with E-state index in [0.29, 0.717) is 17.0 Å². The maximum Gasteiger partial charge on any atom is 0.293 e. The van der Waals surface area contributed by atoms with Gasteiger partial charge in [-0.15, -0.1) is 16.4 Å². The van der Waals surface area contributed by atoms with Crippen LogP contribution in [0.3, 0.4) is 0 Å². The Kier molecular flexibility index (Phi) is 4.43. The van der Waals surface area contributed by atoms with Crippen LogP contribution in [0.5, 0.6) is 0 Å². The Morgan fingerprint density at radius 2 is 2.22 bits per heavy atom. The van der Waals surface area contributed by atoms with Gasteiger partial charge in [0.05, 0.1) is 12.0 Å². The van der Waals surface area contributed by atoms with Crippen molar-refractivity contribution in [1.29, 1.82) is 0 Å². The van der Waals surface area contributed by atoms with E-state index in [4.69, 9.17) is 5.11 Å². The summed E-state index contributed by atoms with van der Waals surface area (Å²) < 4.78 is 1.60. The SMILES string of the molecule is CN(CCO)C(=O)c1nc2c3c4c(sc3ncn2n1)C[C@H](C(C)(C)C)CC4. The number of rotatable bonds is 3. The van der Waals surface area contributed by atoms with Crippen molar-refractivity contribution in [3.8, 4) is 0 Å². The number of aromatic nitrogens is 4. The zero-order valence-electron chi connectivity index (χ0n) is 16.2. The zero-order chi connectivity index (χ0) is 19.3. The Morgan fingerprint density at radius 3 is 2.93 bits per heavy atom. The summed E-state index contributed by atoms with van der Waals surface area (Å²) in [5.41, 5.74) is 2.32. The smallest absolute Gasteiger partial charge is 0.293 e. The van der Waals surface area contributed by atoms with Crippen molar-refractivity contribution in [3.63, 3.8) is 0 Å². The van der Waals surface area contributed by atoms with E-state index in [2.05, 4.69) is 35.8 Å². The van der Waals surface area contributed by atoms with Crippen LogP contribution in [0.2, 0.25) is 0 Å². The number of aliphatic hydroxyl groups excluding tert-OH is 1. The molecule has 0 bridgehead atoms. The van der Waals surface area contributed by atoms with Gasteiger partial charge in [0.1, 0.15) is 11.2 Å². The molecule has 8 heteroatoms. The van der Waals surface area contributed by atoms with Gasteiger partial charge in [-0.05, 0) is 36.2 Å². The summed E-state index contributed by atoms with van der Waals surface area (Å²) in [6.45, 7) is 7.10. The highest BCUT2D eigenvalue weighted by Crippen LogP contribution is 2.43. The number of thiophene rings is 1. The lowest BCUT2D eigenvalue weighted by atomic mass is 9.72. The molecule has 0 radical (unpaired) electrons. The number of hydrogen-bond acceptors (Lipinski definition) is 6. The van der Waals surface area contributed by atoms with Crippen molar-refractivity contribution in [3.05, 3.63) is 22.6 Å². The standard InChI is InChI=1S/C19H25N5O2S/c1-19(2,3)11-5-6-12-13(9-11)27-17-14(12)16-21-15(22-24(16)10-20-17)18(26)23(4)7-8-25/h10-11,25H,5-9H2,1-4H3/t11-/m1/s1. The van der Waals surface area contributed by atoms with Crippen molar-refractivity contribution < 1.29 is 9.90 Å². The van der Waals surface area contributed by atoms with Crippen molar-refractivity contribution in [2.45, 2.75) is 40.0 Å². The van der Waals surface area contributed by atoms with Crippen LogP contribution in [0.25, 0.3) is 15.9 Å². The average Bonchev–Trinajstić information content (AvgIpc) is 3.20. The maximum absolute atomic E-state index is 12.5. The Balaban J connectivity index is 1.78. The molecule has 144 valence electrons. The molecule has 4 rings (SSSR count). The number of amides is 1. The molecular formula is C19H25N5O2S. The molecule has 1 N–H and O–H groups in total. The zero-order valence-corrected chi connectivity index (χ0v) is 17.0. The molecular weight excluding hydrogens is 362 g/mol. The van der Waals surface area contributed by atoms with E-state index in [9.17, 15) is 4.79 Å². The Morgan fingerprint density at radius 1 is 1.44 bits per heavy atom. The lowest BCUT2D eigenvalue weighted by molar-refractivity contribution is 0.0755. The lowest BCUT2D eigenvalue weighted by Crippen LogP contribution is -2.30. The highest BCUT2D eigenvalue weighted by atomic mass is 32.1. The minimum atomic E-state index is -0.294. The second-order valence-corrected chi connectivity index (χ2v) is 9.47. The van der Waals surface area contributed by atoms with Crippen LogP contribution in [0, 0.1) is 11.3 Å². The first kappa shape index (κ1) is 18.3. The number of carbonyl (C=O) groups is 1. The number of carbonyl (C=O) groups excluding carboxylic acids is 1. The third kappa shape index (κ3) is 3.10. The summed E-state index contributed by atoms with van der Waals surface area (Å²) in [5.74, 6) is 0.512. The van der Waals surface area contributed by atoms with E-state index in [1.165, 1.54) is 15.3 Å². The maximum atomic E-state index is 12.5. The second-order valence-electron chi connectivity index (χ2n) is 8.39. The van der Waals surface area contributed by atoms with E-state index in [1.54, 1.807) is 29.2 Å². The quantitative estimate of drug-likeness (QED) is 0.747. The van der Waals surface area contributed by atoms with Gasteiger partial charge in [-0.3, -0.25) is 4.79 Å². The molecule has 0 saturated carbocycles. The van der Waals surface area contributed by atoms with Crippen molar-refractivity contribution in [2.24, 2.45) is 11.3 Å². The number of nitrogens with zero attached hydrogens (tertiary/aromatic N) is 5. The van der Waals surface area contributed by atoms with Crippen LogP contribution in [-0.4, -0.2) is 55.7 Å². The van der Waals surface area contributed by atoms with Gasteiger partial charge in [0.15, 0.2) is 5.65 Å². The van der Waals surface area contributed by atoms with Crippen LogP contribution in [-0.2, 0) is 12.8 Å². The van der Waals surface area contributed by atoms with E-state index in [0.717, 1.165) is 29.5 Å². The fraction of sp³-hybridized carbons (Fsp3) is 0.579. The molecule has 0 unspecified atom stereocenters. The van der Waals surface area contributed by atoms with Gasteiger partial charge >= 0.3 is 0 Å². The topological polar surface area (TPSA) is 83.6 Å². The van der Waals surface area contributed by atoms with E-state index in [1.807, 2.05) is 0 Å². The molecule has 1 aliphatic rings. The molecule has 1 aliphatic carbocycles. The monoisotopic (exact) mass is 387 g/mol. The van der Waals surface area contributed by atoms with Gasteiger partial charge in [0.25, 0.3) is 5.91 Å². The molecule has 7 nitrogen and oxygen atoms in total. The average molecular weight is 388 g/mol. The van der Waals surface area contributed by atoms with Crippen molar-refractivity contribution in [1.82, 2.24) is 24.5 Å². The Bertz CT molecular complexity index is 1020. The number of fused-ring (bicyclic) bond motifs is 5. The molecule has 0 spiro atoms. The summed E-state index contributed by atoms with van der Waals surface area (Å²) in [4.78, 5) is 25.4. The number of hydrogen-bond donors (Lipinski definition) is 1. The molecule has 3 heterocycles. The molecule has 1 amide bonds. The molecule has 27 heavy (non-hydrogen) atoms. The van der Waals surface area contributed by atoms with E-state index < -0.39 is 0 Å². The predicted molar refractivity (Wildman–Crippen MR) is 105 cm³/mol. The van der Waals surface area contributed by atoms with Gasteiger partial charge < -0.3 is 10.0 Å². The van der Waals surface area contributed by atoms with Gasteiger partial charge in [-0.2, -0.15) is 0 Å². The van der Waals surface area contributed by atoms with Crippen LogP contribution in [0.4, 0.5) is 0 Å². The second kappa shape index (κ2) is 6.53. The molecule has 1 atom stereocenters. The van der Waals surface area contributed by atoms with Crippen LogP contribution in [0.1, 0.15) is 48.3 Å². The van der Waals surface area contributed by atoms with Gasteiger partial charge in [0, 0.05) is 18.5 Å². The number of aliphatic hydroxyl groups is 1. The molecule has 3 aromatic rings. The minimum absolute atomic E-state index is 0.0889. The molecule has 3 aromatic heterocycles. The normalized spacial score (nSPS) is 17.4. The summed E-state index contributed by atoms with van der Waals surface area (Å²) in [6.07, 6.45) is 4.88. The fourth-order valence-electron chi connectivity index (χ4n) is 3.83. The van der Waals surface area contributed by atoms with E-state index in [-0.39, 0.29) is 24.9 Å². The molecule has 0 aromatic carbocycles. The third-order valence-corrected chi connectivity index (χ3v) is 6.75. The van der Waals surface area contributed by atoms with E-state index >= 15 is 0 Å². The first-order valence-electron chi connectivity index (χ1n) is 9.31. The lowest BCUT2D eigenvalue weighted by Gasteiger charge is -2.33. The minimum Gasteiger partial charge on any atom is -0.395 e. The first-order valence-corrected chi connectivity index (χ1v) is 10.1. The summed E-state index contributed by atoms with van der Waals surface area (Å²) >= 11 is 1.75. The largest absolute Gasteiger partial charge is 0.395 e. The Hall–Kier alpha value is -2.06. The molecule has 0 aliphatic heterocycles. The predicted octanol–water partition coefficient (Wildman–Crippen LogP) is 2.55. The number of likely N-dealkylation sites (N-methyl/N-ethyl adjacent to an activating group) is 1. The molecule has 0 fully saturated rings. The van der Waals surface area contributed by atoms with Crippen molar-refractivity contribution in [2.75, 3.05) is 20.2 Å².